The van der Waals surface area contributed by atoms with Crippen LogP contribution in [0.5, 0.6) is 11.5 Å². The number of hydrogen-bond donors (Lipinski definition) is 0. The first-order valence-electron chi connectivity index (χ1n) is 24.5. The molecule has 0 atom stereocenters. The molecular formula is C63H52N6O. The molecular weight excluding hydrogens is 857 g/mol. The summed E-state index contributed by atoms with van der Waals surface area (Å²) in [6.07, 6.45) is 5.28. The lowest BCUT2D eigenvalue weighted by molar-refractivity contribution is 0.483. The third-order valence-corrected chi connectivity index (χ3v) is 14.3. The topological polar surface area (TPSA) is 51.4 Å². The second-order valence-electron chi connectivity index (χ2n) is 19.8. The highest BCUT2D eigenvalue weighted by Crippen LogP contribution is 2.50. The Morgan fingerprint density at radius 3 is 1.96 bits per heavy atom. The van der Waals surface area contributed by atoms with E-state index in [0.717, 1.165) is 108 Å². The van der Waals surface area contributed by atoms with E-state index >= 15 is 0 Å². The minimum Gasteiger partial charge on any atom is -0.457 e. The number of anilines is 4. The number of fused-ring (bicyclic) bond motifs is 7. The molecule has 0 fully saturated rings. The zero-order valence-corrected chi connectivity index (χ0v) is 39.7. The van der Waals surface area contributed by atoms with Crippen molar-refractivity contribution in [2.75, 3.05) is 16.5 Å². The van der Waals surface area contributed by atoms with Crippen molar-refractivity contribution >= 4 is 55.6 Å². The van der Waals surface area contributed by atoms with Crippen molar-refractivity contribution < 1.29 is 4.74 Å². The fraction of sp³-hybridized carbons (Fsp3) is 0.143. The van der Waals surface area contributed by atoms with Gasteiger partial charge in [0.1, 0.15) is 29.8 Å². The van der Waals surface area contributed by atoms with E-state index in [2.05, 4.69) is 234 Å². The third-order valence-electron chi connectivity index (χ3n) is 14.3. The van der Waals surface area contributed by atoms with Gasteiger partial charge in [-0.15, -0.1) is 0 Å². The molecule has 8 aromatic carbocycles. The Balaban J connectivity index is 1.02. The van der Waals surface area contributed by atoms with Gasteiger partial charge in [-0.05, 0) is 124 Å². The highest BCUT2D eigenvalue weighted by Gasteiger charge is 2.32. The zero-order valence-electron chi connectivity index (χ0n) is 39.7. The maximum atomic E-state index is 7.24. The molecule has 0 saturated carbocycles. The molecule has 5 heterocycles. The maximum Gasteiger partial charge on any atom is 0.137 e. The van der Waals surface area contributed by atoms with Crippen molar-refractivity contribution in [3.05, 3.63) is 212 Å². The number of aryl methyl sites for hydroxylation is 2. The second-order valence-corrected chi connectivity index (χ2v) is 19.8. The Morgan fingerprint density at radius 1 is 0.514 bits per heavy atom. The predicted molar refractivity (Wildman–Crippen MR) is 288 cm³/mol. The Labute approximate surface area is 408 Å². The van der Waals surface area contributed by atoms with Gasteiger partial charge in [0.2, 0.25) is 0 Å². The molecule has 0 amide bonds. The summed E-state index contributed by atoms with van der Waals surface area (Å²) in [5.74, 6) is 3.54. The van der Waals surface area contributed by atoms with Crippen molar-refractivity contribution in [2.45, 2.75) is 52.0 Å². The number of para-hydroxylation sites is 2. The molecule has 0 bridgehead atoms. The van der Waals surface area contributed by atoms with Gasteiger partial charge in [-0.25, -0.2) is 9.97 Å². The Kier molecular flexibility index (Phi) is 9.94. The Morgan fingerprint density at radius 2 is 1.20 bits per heavy atom. The molecule has 2 aliphatic heterocycles. The zero-order chi connectivity index (χ0) is 46.9. The van der Waals surface area contributed by atoms with E-state index in [1.54, 1.807) is 0 Å². The number of aromatic nitrogens is 4. The molecule has 11 aromatic rings. The fourth-order valence-corrected chi connectivity index (χ4v) is 10.9. The minimum atomic E-state index is -0.0367. The van der Waals surface area contributed by atoms with Crippen molar-refractivity contribution in [3.8, 4) is 50.7 Å². The molecule has 2 aliphatic rings. The van der Waals surface area contributed by atoms with Crippen LogP contribution in [-0.2, 0) is 18.4 Å². The second kappa shape index (κ2) is 16.7. The fourth-order valence-electron chi connectivity index (χ4n) is 10.9. The average Bonchev–Trinajstić information content (AvgIpc) is 4.07. The van der Waals surface area contributed by atoms with Gasteiger partial charge >= 0.3 is 0 Å². The standard InChI is InChI=1S/C63H52N6O/c1-63(2,3)45-31-32-64-61(36-45)69-55-27-14-13-24-52(55)53-30-29-48(38-56(53)69)70-49-35-44(62-50(42-18-7-4-8-19-42)25-17-26-51(62)43-20-9-5-10-21-43)34-47(37-49)68-41-67(46-22-11-6-12-23-46)59-40-57-54(39-58(59)68)65-60-28-15-16-33-66(57)60/h4-14,17-27,29-32,34-40H,15-16,28,33,41H2,1-3H3. The van der Waals surface area contributed by atoms with E-state index in [1.807, 2.05) is 6.20 Å². The van der Waals surface area contributed by atoms with E-state index in [-0.39, 0.29) is 5.41 Å². The van der Waals surface area contributed by atoms with Crippen LogP contribution in [0.3, 0.4) is 0 Å². The largest absolute Gasteiger partial charge is 0.457 e. The molecule has 0 N–H and O–H groups in total. The van der Waals surface area contributed by atoms with Gasteiger partial charge in [0.25, 0.3) is 0 Å². The quantitative estimate of drug-likeness (QED) is 0.152. The predicted octanol–water partition coefficient (Wildman–Crippen LogP) is 16.2. The summed E-state index contributed by atoms with van der Waals surface area (Å²) in [4.78, 5) is 15.1. The molecule has 7 heteroatoms. The number of rotatable bonds is 8. The van der Waals surface area contributed by atoms with Gasteiger partial charge in [0.15, 0.2) is 0 Å². The highest BCUT2D eigenvalue weighted by atomic mass is 16.5. The van der Waals surface area contributed by atoms with Crippen LogP contribution in [0.2, 0.25) is 0 Å². The van der Waals surface area contributed by atoms with Crippen molar-refractivity contribution in [2.24, 2.45) is 0 Å². The number of benzene rings is 8. The molecule has 3 aromatic heterocycles. The lowest BCUT2D eigenvalue weighted by Gasteiger charge is -2.24. The van der Waals surface area contributed by atoms with E-state index < -0.39 is 0 Å². The van der Waals surface area contributed by atoms with Crippen molar-refractivity contribution in [1.29, 1.82) is 0 Å². The van der Waals surface area contributed by atoms with Gasteiger partial charge in [-0.1, -0.05) is 136 Å². The van der Waals surface area contributed by atoms with Crippen LogP contribution in [-0.4, -0.2) is 25.8 Å². The van der Waals surface area contributed by atoms with Gasteiger partial charge in [-0.2, -0.15) is 0 Å². The van der Waals surface area contributed by atoms with Crippen LogP contribution in [0.1, 0.15) is 45.0 Å². The van der Waals surface area contributed by atoms with Crippen LogP contribution in [0, 0.1) is 0 Å². The number of imidazole rings is 1. The van der Waals surface area contributed by atoms with E-state index in [0.29, 0.717) is 6.67 Å². The number of nitrogens with zero attached hydrogens (tertiary/aromatic N) is 6. The minimum absolute atomic E-state index is 0.0367. The summed E-state index contributed by atoms with van der Waals surface area (Å²) in [5.41, 5.74) is 16.8. The Hall–Kier alpha value is -8.42. The van der Waals surface area contributed by atoms with Crippen LogP contribution < -0.4 is 14.5 Å². The molecule has 0 saturated heterocycles. The normalized spacial score (nSPS) is 13.6. The molecule has 13 rings (SSSR count). The molecule has 0 aliphatic carbocycles. The maximum absolute atomic E-state index is 7.24. The molecule has 0 spiro atoms. The summed E-state index contributed by atoms with van der Waals surface area (Å²) in [5, 5.41) is 2.32. The SMILES string of the molecule is CC(C)(C)c1ccnc(-n2c3ccccc3c3ccc(Oc4cc(-c5c(-c6ccccc6)cccc5-c5ccccc5)cc(N5CN(c6ccccc6)c6cc7c(cc65)nc5n7CCCC5)c4)cc32)c1. The third kappa shape index (κ3) is 7.19. The number of ether oxygens (including phenoxy) is 1. The first kappa shape index (κ1) is 41.7. The smallest absolute Gasteiger partial charge is 0.137 e. The summed E-state index contributed by atoms with van der Waals surface area (Å²) >= 11 is 0. The summed E-state index contributed by atoms with van der Waals surface area (Å²) in [6, 6.07) is 69.9. The van der Waals surface area contributed by atoms with Crippen molar-refractivity contribution in [3.63, 3.8) is 0 Å². The first-order valence-corrected chi connectivity index (χ1v) is 24.5. The van der Waals surface area contributed by atoms with Gasteiger partial charge in [-0.3, -0.25) is 4.57 Å². The van der Waals surface area contributed by atoms with Gasteiger partial charge in [0.05, 0.1) is 33.4 Å². The van der Waals surface area contributed by atoms with Gasteiger partial charge < -0.3 is 19.1 Å². The highest BCUT2D eigenvalue weighted by molar-refractivity contribution is 6.09. The van der Waals surface area contributed by atoms with E-state index in [1.165, 1.54) is 35.1 Å². The average molecular weight is 909 g/mol. The van der Waals surface area contributed by atoms with Crippen LogP contribution >= 0.6 is 0 Å². The first-order chi connectivity index (χ1) is 34.3. The van der Waals surface area contributed by atoms with Crippen LogP contribution in [0.15, 0.2) is 200 Å². The Bertz CT molecular complexity index is 3720. The molecule has 340 valence electrons. The lowest BCUT2D eigenvalue weighted by atomic mass is 9.87. The van der Waals surface area contributed by atoms with Gasteiger partial charge in [0, 0.05) is 53.4 Å². The molecule has 0 radical (unpaired) electrons. The molecule has 0 unspecified atom stereocenters. The number of pyridine rings is 1. The summed E-state index contributed by atoms with van der Waals surface area (Å²) < 4.78 is 12.0. The lowest BCUT2D eigenvalue weighted by Crippen LogP contribution is -2.24. The summed E-state index contributed by atoms with van der Waals surface area (Å²) in [7, 11) is 0. The number of hydrogen-bond acceptors (Lipinski definition) is 5. The van der Waals surface area contributed by atoms with E-state index in [9.17, 15) is 0 Å². The molecule has 70 heavy (non-hydrogen) atoms. The van der Waals surface area contributed by atoms with Crippen LogP contribution in [0.4, 0.5) is 22.7 Å². The summed E-state index contributed by atoms with van der Waals surface area (Å²) in [6.45, 7) is 8.36. The van der Waals surface area contributed by atoms with E-state index in [4.69, 9.17) is 14.7 Å². The van der Waals surface area contributed by atoms with Crippen LogP contribution in [0.25, 0.3) is 72.0 Å². The van der Waals surface area contributed by atoms with Crippen molar-refractivity contribution in [1.82, 2.24) is 19.1 Å². The molecule has 7 nitrogen and oxygen atoms in total. The monoisotopic (exact) mass is 908 g/mol.